The first kappa shape index (κ1) is 11.9. The highest BCUT2D eigenvalue weighted by atomic mass is 35.7. The van der Waals surface area contributed by atoms with Gasteiger partial charge in [0.05, 0.1) is 5.25 Å². The molecule has 0 N–H and O–H groups in total. The van der Waals surface area contributed by atoms with Crippen LogP contribution in [-0.2, 0) is 15.6 Å². The van der Waals surface area contributed by atoms with Gasteiger partial charge in [0, 0.05) is 23.8 Å². The van der Waals surface area contributed by atoms with E-state index < -0.39 is 14.3 Å². The summed E-state index contributed by atoms with van der Waals surface area (Å²) in [5.74, 6) is 0. The largest absolute Gasteiger partial charge is 0.298 e. The Morgan fingerprint density at radius 3 is 2.56 bits per heavy atom. The molecule has 0 amide bonds. The molecular formula is C11H14ClNO2S. The van der Waals surface area contributed by atoms with Crippen molar-refractivity contribution < 1.29 is 8.42 Å². The number of nitrogens with zero attached hydrogens (tertiary/aromatic N) is 1. The van der Waals surface area contributed by atoms with Crippen molar-refractivity contribution in [3.05, 3.63) is 35.9 Å². The first-order chi connectivity index (χ1) is 7.55. The third-order valence-electron chi connectivity index (χ3n) is 2.88. The fourth-order valence-corrected chi connectivity index (χ4v) is 3.22. The first-order valence-electron chi connectivity index (χ1n) is 5.25. The van der Waals surface area contributed by atoms with Gasteiger partial charge >= 0.3 is 0 Å². The molecule has 1 saturated heterocycles. The van der Waals surface area contributed by atoms with Gasteiger partial charge in [-0.2, -0.15) is 0 Å². The van der Waals surface area contributed by atoms with Crippen LogP contribution in [0.5, 0.6) is 0 Å². The summed E-state index contributed by atoms with van der Waals surface area (Å²) in [4.78, 5) is 2.12. The molecule has 3 nitrogen and oxygen atoms in total. The first-order valence-corrected chi connectivity index (χ1v) is 7.63. The second-order valence-corrected chi connectivity index (χ2v) is 7.02. The van der Waals surface area contributed by atoms with Crippen molar-refractivity contribution in [3.8, 4) is 0 Å². The van der Waals surface area contributed by atoms with Gasteiger partial charge in [0.15, 0.2) is 0 Å². The fraction of sp³-hybridized carbons (Fsp3) is 0.455. The van der Waals surface area contributed by atoms with E-state index in [9.17, 15) is 8.42 Å². The summed E-state index contributed by atoms with van der Waals surface area (Å²) in [7, 11) is 1.96. The molecule has 1 aliphatic heterocycles. The molecule has 88 valence electrons. The van der Waals surface area contributed by atoms with Crippen molar-refractivity contribution in [3.63, 3.8) is 0 Å². The Bertz CT molecular complexity index is 446. The molecule has 1 aromatic carbocycles. The van der Waals surface area contributed by atoms with Crippen molar-refractivity contribution in [2.45, 2.75) is 18.2 Å². The number of hydrogen-bond donors (Lipinski definition) is 0. The molecule has 0 bridgehead atoms. The highest BCUT2D eigenvalue weighted by Crippen LogP contribution is 2.21. The van der Waals surface area contributed by atoms with Crippen molar-refractivity contribution >= 4 is 19.7 Å². The van der Waals surface area contributed by atoms with Gasteiger partial charge in [0.2, 0.25) is 9.05 Å². The van der Waals surface area contributed by atoms with Gasteiger partial charge in [-0.15, -0.1) is 0 Å². The maximum atomic E-state index is 11.2. The van der Waals surface area contributed by atoms with E-state index in [1.807, 2.05) is 30.3 Å². The molecule has 1 fully saturated rings. The van der Waals surface area contributed by atoms with E-state index in [2.05, 4.69) is 4.90 Å². The van der Waals surface area contributed by atoms with Crippen LogP contribution in [0.15, 0.2) is 30.3 Å². The molecule has 0 aromatic heterocycles. The zero-order valence-corrected chi connectivity index (χ0v) is 10.4. The lowest BCUT2D eigenvalue weighted by Gasteiger charge is -2.14. The Hall–Kier alpha value is -0.580. The van der Waals surface area contributed by atoms with Crippen LogP contribution in [0.3, 0.4) is 0 Å². The highest BCUT2D eigenvalue weighted by Gasteiger charge is 2.31. The fourth-order valence-electron chi connectivity index (χ4n) is 2.01. The zero-order chi connectivity index (χ0) is 11.6. The monoisotopic (exact) mass is 259 g/mol. The maximum Gasteiger partial charge on any atom is 0.236 e. The molecule has 0 aliphatic carbocycles. The maximum absolute atomic E-state index is 11.2. The Balaban J connectivity index is 1.96. The van der Waals surface area contributed by atoms with E-state index in [1.165, 1.54) is 5.56 Å². The van der Waals surface area contributed by atoms with E-state index in [1.54, 1.807) is 0 Å². The SMILES string of the molecule is O=S(=O)(Cl)C1CCN(Cc2ccccc2)C1. The quantitative estimate of drug-likeness (QED) is 0.778. The molecule has 1 aliphatic rings. The Morgan fingerprint density at radius 1 is 1.31 bits per heavy atom. The lowest BCUT2D eigenvalue weighted by Crippen LogP contribution is -2.24. The topological polar surface area (TPSA) is 37.4 Å². The predicted octanol–water partition coefficient (Wildman–Crippen LogP) is 1.83. The number of benzene rings is 1. The van der Waals surface area contributed by atoms with Gasteiger partial charge in [-0.1, -0.05) is 30.3 Å². The van der Waals surface area contributed by atoms with Crippen molar-refractivity contribution in [1.82, 2.24) is 4.90 Å². The lowest BCUT2D eigenvalue weighted by atomic mass is 10.2. The average molecular weight is 260 g/mol. The molecule has 1 unspecified atom stereocenters. The van der Waals surface area contributed by atoms with Gasteiger partial charge < -0.3 is 0 Å². The number of hydrogen-bond acceptors (Lipinski definition) is 3. The Labute approximate surface area is 100 Å². The van der Waals surface area contributed by atoms with E-state index in [0.29, 0.717) is 13.0 Å². The molecule has 5 heteroatoms. The lowest BCUT2D eigenvalue weighted by molar-refractivity contribution is 0.331. The minimum atomic E-state index is -3.40. The van der Waals surface area contributed by atoms with Gasteiger partial charge in [0.25, 0.3) is 0 Å². The summed E-state index contributed by atoms with van der Waals surface area (Å²) in [6.45, 7) is 2.13. The molecule has 1 aromatic rings. The number of rotatable bonds is 3. The summed E-state index contributed by atoms with van der Waals surface area (Å²) in [5, 5.41) is -0.405. The predicted molar refractivity (Wildman–Crippen MR) is 64.9 cm³/mol. The Kier molecular flexibility index (Phi) is 3.52. The molecule has 1 heterocycles. The smallest absolute Gasteiger partial charge is 0.236 e. The van der Waals surface area contributed by atoms with Crippen molar-refractivity contribution in [2.24, 2.45) is 0 Å². The summed E-state index contributed by atoms with van der Waals surface area (Å²) in [6.07, 6.45) is 0.638. The minimum Gasteiger partial charge on any atom is -0.298 e. The molecule has 2 rings (SSSR count). The summed E-state index contributed by atoms with van der Waals surface area (Å²) in [6, 6.07) is 10.0. The van der Waals surface area contributed by atoms with Crippen LogP contribution < -0.4 is 0 Å². The van der Waals surface area contributed by atoms with Crippen molar-refractivity contribution in [2.75, 3.05) is 13.1 Å². The Morgan fingerprint density at radius 2 is 2.00 bits per heavy atom. The second-order valence-electron chi connectivity index (χ2n) is 4.11. The van der Waals surface area contributed by atoms with E-state index in [0.717, 1.165) is 13.1 Å². The van der Waals surface area contributed by atoms with Crippen LogP contribution in [0.2, 0.25) is 0 Å². The molecule has 1 atom stereocenters. The summed E-state index contributed by atoms with van der Waals surface area (Å²) in [5.41, 5.74) is 1.20. The number of halogens is 1. The van der Waals surface area contributed by atoms with Gasteiger partial charge in [-0.3, -0.25) is 4.90 Å². The van der Waals surface area contributed by atoms with Crippen LogP contribution in [0.4, 0.5) is 0 Å². The molecule has 0 spiro atoms. The normalized spacial score (nSPS) is 22.4. The van der Waals surface area contributed by atoms with Crippen LogP contribution in [0, 0.1) is 0 Å². The number of likely N-dealkylation sites (tertiary alicyclic amines) is 1. The van der Waals surface area contributed by atoms with Gasteiger partial charge in [-0.05, 0) is 18.5 Å². The molecular weight excluding hydrogens is 246 g/mol. The minimum absolute atomic E-state index is 0.405. The van der Waals surface area contributed by atoms with Gasteiger partial charge in [0.1, 0.15) is 0 Å². The standard InChI is InChI=1S/C11H14ClNO2S/c12-16(14,15)11-6-7-13(9-11)8-10-4-2-1-3-5-10/h1-5,11H,6-9H2. The zero-order valence-electron chi connectivity index (χ0n) is 8.84. The molecule has 0 saturated carbocycles. The summed E-state index contributed by atoms with van der Waals surface area (Å²) < 4.78 is 22.3. The van der Waals surface area contributed by atoms with Crippen LogP contribution in [0.25, 0.3) is 0 Å². The van der Waals surface area contributed by atoms with Crippen LogP contribution >= 0.6 is 10.7 Å². The van der Waals surface area contributed by atoms with Gasteiger partial charge in [-0.25, -0.2) is 8.42 Å². The summed E-state index contributed by atoms with van der Waals surface area (Å²) >= 11 is 0. The third kappa shape index (κ3) is 2.97. The van der Waals surface area contributed by atoms with E-state index >= 15 is 0 Å². The molecule has 16 heavy (non-hydrogen) atoms. The molecule has 0 radical (unpaired) electrons. The second kappa shape index (κ2) is 4.73. The average Bonchev–Trinajstić information content (AvgIpc) is 2.67. The van der Waals surface area contributed by atoms with E-state index in [-0.39, 0.29) is 0 Å². The highest BCUT2D eigenvalue weighted by molar-refractivity contribution is 8.14. The van der Waals surface area contributed by atoms with Crippen molar-refractivity contribution in [1.29, 1.82) is 0 Å². The van der Waals surface area contributed by atoms with E-state index in [4.69, 9.17) is 10.7 Å². The van der Waals surface area contributed by atoms with Crippen LogP contribution in [0.1, 0.15) is 12.0 Å². The third-order valence-corrected chi connectivity index (χ3v) is 4.81. The van der Waals surface area contributed by atoms with Crippen LogP contribution in [-0.4, -0.2) is 31.7 Å².